The molecule has 0 aliphatic heterocycles. The maximum atomic E-state index is 11.7. The van der Waals surface area contributed by atoms with Crippen molar-refractivity contribution in [2.75, 3.05) is 5.32 Å². The number of amides is 1. The SMILES string of the molecule is O=C(/C=C/c1ccc(Cl)c(O)c1)Nc1cccc(Cl)c1. The summed E-state index contributed by atoms with van der Waals surface area (Å²) in [6, 6.07) is 11.6. The number of carbonyl (C=O) groups is 1. The number of halogens is 2. The van der Waals surface area contributed by atoms with Gasteiger partial charge in [0.15, 0.2) is 0 Å². The topological polar surface area (TPSA) is 49.3 Å². The van der Waals surface area contributed by atoms with Crippen LogP contribution in [0.25, 0.3) is 6.08 Å². The van der Waals surface area contributed by atoms with Crippen LogP contribution in [-0.2, 0) is 4.79 Å². The first-order valence-electron chi connectivity index (χ1n) is 5.78. The second kappa shape index (κ2) is 6.46. The van der Waals surface area contributed by atoms with Gasteiger partial charge in [-0.3, -0.25) is 4.79 Å². The summed E-state index contributed by atoms with van der Waals surface area (Å²) in [7, 11) is 0. The Morgan fingerprint density at radius 3 is 2.65 bits per heavy atom. The normalized spacial score (nSPS) is 10.7. The number of nitrogens with one attached hydrogen (secondary N) is 1. The lowest BCUT2D eigenvalue weighted by atomic mass is 10.2. The molecular weight excluding hydrogens is 297 g/mol. The summed E-state index contributed by atoms with van der Waals surface area (Å²) in [6.45, 7) is 0. The van der Waals surface area contributed by atoms with Gasteiger partial charge in [0.05, 0.1) is 5.02 Å². The molecule has 0 aliphatic carbocycles. The van der Waals surface area contributed by atoms with Crippen LogP contribution in [0.15, 0.2) is 48.5 Å². The van der Waals surface area contributed by atoms with Gasteiger partial charge in [-0.15, -0.1) is 0 Å². The lowest BCUT2D eigenvalue weighted by molar-refractivity contribution is -0.111. The highest BCUT2D eigenvalue weighted by atomic mass is 35.5. The number of carbonyl (C=O) groups excluding carboxylic acids is 1. The maximum absolute atomic E-state index is 11.7. The molecule has 0 unspecified atom stereocenters. The van der Waals surface area contributed by atoms with Crippen molar-refractivity contribution in [3.63, 3.8) is 0 Å². The van der Waals surface area contributed by atoms with E-state index < -0.39 is 0 Å². The van der Waals surface area contributed by atoms with Gasteiger partial charge in [0.25, 0.3) is 0 Å². The number of hydrogen-bond donors (Lipinski definition) is 2. The smallest absolute Gasteiger partial charge is 0.248 e. The van der Waals surface area contributed by atoms with E-state index in [1.807, 2.05) is 0 Å². The predicted octanol–water partition coefficient (Wildman–Crippen LogP) is 4.35. The number of phenols is 1. The Bertz CT molecular complexity index is 669. The number of rotatable bonds is 3. The van der Waals surface area contributed by atoms with Crippen molar-refractivity contribution in [3.05, 3.63) is 64.1 Å². The molecule has 1 amide bonds. The zero-order valence-electron chi connectivity index (χ0n) is 10.3. The Labute approximate surface area is 126 Å². The van der Waals surface area contributed by atoms with Crippen LogP contribution in [0.2, 0.25) is 10.0 Å². The van der Waals surface area contributed by atoms with Crippen molar-refractivity contribution < 1.29 is 9.90 Å². The van der Waals surface area contributed by atoms with Crippen LogP contribution >= 0.6 is 23.2 Å². The molecule has 102 valence electrons. The van der Waals surface area contributed by atoms with Crippen LogP contribution in [0.3, 0.4) is 0 Å². The van der Waals surface area contributed by atoms with Crippen molar-refractivity contribution in [2.45, 2.75) is 0 Å². The molecule has 2 aromatic carbocycles. The van der Waals surface area contributed by atoms with Gasteiger partial charge >= 0.3 is 0 Å². The van der Waals surface area contributed by atoms with Gasteiger partial charge < -0.3 is 10.4 Å². The van der Waals surface area contributed by atoms with E-state index in [0.29, 0.717) is 16.3 Å². The minimum atomic E-state index is -0.290. The molecule has 2 rings (SSSR count). The van der Waals surface area contributed by atoms with E-state index in [9.17, 15) is 9.90 Å². The average molecular weight is 308 g/mol. The Kier molecular flexibility index (Phi) is 4.66. The van der Waals surface area contributed by atoms with Crippen LogP contribution < -0.4 is 5.32 Å². The van der Waals surface area contributed by atoms with Crippen LogP contribution in [0.1, 0.15) is 5.56 Å². The molecule has 20 heavy (non-hydrogen) atoms. The molecule has 5 heteroatoms. The molecule has 0 radical (unpaired) electrons. The lowest BCUT2D eigenvalue weighted by Crippen LogP contribution is -2.07. The van der Waals surface area contributed by atoms with Gasteiger partial charge in [0.1, 0.15) is 5.75 Å². The van der Waals surface area contributed by atoms with Gasteiger partial charge in [-0.2, -0.15) is 0 Å². The van der Waals surface area contributed by atoms with E-state index in [1.165, 1.54) is 12.1 Å². The van der Waals surface area contributed by atoms with Crippen molar-refractivity contribution in [3.8, 4) is 5.75 Å². The third kappa shape index (κ3) is 4.02. The fourth-order valence-electron chi connectivity index (χ4n) is 1.56. The van der Waals surface area contributed by atoms with Gasteiger partial charge in [-0.25, -0.2) is 0 Å². The molecule has 0 atom stereocenters. The summed E-state index contributed by atoms with van der Waals surface area (Å²) in [5, 5.41) is 12.9. The number of phenolic OH excluding ortho intramolecular Hbond substituents is 1. The van der Waals surface area contributed by atoms with E-state index >= 15 is 0 Å². The molecule has 0 aromatic heterocycles. The Morgan fingerprint density at radius 2 is 1.95 bits per heavy atom. The van der Waals surface area contributed by atoms with Crippen LogP contribution in [-0.4, -0.2) is 11.0 Å². The second-order valence-corrected chi connectivity index (χ2v) is 4.89. The molecule has 0 saturated heterocycles. The Hall–Kier alpha value is -1.97. The Balaban J connectivity index is 2.03. The van der Waals surface area contributed by atoms with E-state index in [0.717, 1.165) is 0 Å². The molecular formula is C15H11Cl2NO2. The van der Waals surface area contributed by atoms with Gasteiger partial charge in [-0.1, -0.05) is 35.3 Å². The van der Waals surface area contributed by atoms with Crippen LogP contribution in [0.5, 0.6) is 5.75 Å². The average Bonchev–Trinajstić information content (AvgIpc) is 2.40. The molecule has 0 spiro atoms. The molecule has 0 heterocycles. The van der Waals surface area contributed by atoms with Gasteiger partial charge in [-0.05, 0) is 42.0 Å². The summed E-state index contributed by atoms with van der Waals surface area (Å²) >= 11 is 11.5. The minimum Gasteiger partial charge on any atom is -0.506 e. The lowest BCUT2D eigenvalue weighted by Gasteiger charge is -2.02. The second-order valence-electron chi connectivity index (χ2n) is 4.04. The monoisotopic (exact) mass is 307 g/mol. The van der Waals surface area contributed by atoms with E-state index in [2.05, 4.69) is 5.32 Å². The summed E-state index contributed by atoms with van der Waals surface area (Å²) in [6.07, 6.45) is 2.94. The highest BCUT2D eigenvalue weighted by Gasteiger charge is 2.00. The fraction of sp³-hybridized carbons (Fsp3) is 0. The summed E-state index contributed by atoms with van der Waals surface area (Å²) in [5.74, 6) is -0.314. The third-order valence-corrected chi connectivity index (χ3v) is 3.04. The number of anilines is 1. The van der Waals surface area contributed by atoms with Crippen molar-refractivity contribution in [1.82, 2.24) is 0 Å². The van der Waals surface area contributed by atoms with Crippen molar-refractivity contribution in [1.29, 1.82) is 0 Å². The molecule has 0 bridgehead atoms. The van der Waals surface area contributed by atoms with Crippen LogP contribution in [0.4, 0.5) is 5.69 Å². The zero-order chi connectivity index (χ0) is 14.5. The largest absolute Gasteiger partial charge is 0.506 e. The number of aromatic hydroxyl groups is 1. The molecule has 0 fully saturated rings. The highest BCUT2D eigenvalue weighted by molar-refractivity contribution is 6.32. The number of hydrogen-bond acceptors (Lipinski definition) is 2. The summed E-state index contributed by atoms with van der Waals surface area (Å²) in [4.78, 5) is 11.7. The van der Waals surface area contributed by atoms with Crippen molar-refractivity contribution in [2.24, 2.45) is 0 Å². The molecule has 2 N–H and O–H groups in total. The molecule has 0 saturated carbocycles. The van der Waals surface area contributed by atoms with Crippen LogP contribution in [0, 0.1) is 0 Å². The first-order valence-corrected chi connectivity index (χ1v) is 6.53. The highest BCUT2D eigenvalue weighted by Crippen LogP contribution is 2.24. The predicted molar refractivity (Wildman–Crippen MR) is 82.2 cm³/mol. The minimum absolute atomic E-state index is 0.0240. The molecule has 2 aromatic rings. The quantitative estimate of drug-likeness (QED) is 0.828. The first-order chi connectivity index (χ1) is 9.54. The standard InChI is InChI=1S/C15H11Cl2NO2/c16-11-2-1-3-12(9-11)18-15(20)7-5-10-4-6-13(17)14(19)8-10/h1-9,19H,(H,18,20)/b7-5+. The van der Waals surface area contributed by atoms with Gasteiger partial charge in [0.2, 0.25) is 5.91 Å². The summed E-state index contributed by atoms with van der Waals surface area (Å²) < 4.78 is 0. The molecule has 3 nitrogen and oxygen atoms in total. The van der Waals surface area contributed by atoms with E-state index in [-0.39, 0.29) is 16.7 Å². The molecule has 0 aliphatic rings. The summed E-state index contributed by atoms with van der Waals surface area (Å²) in [5.41, 5.74) is 1.29. The third-order valence-electron chi connectivity index (χ3n) is 2.49. The maximum Gasteiger partial charge on any atom is 0.248 e. The fourth-order valence-corrected chi connectivity index (χ4v) is 1.86. The van der Waals surface area contributed by atoms with E-state index in [4.69, 9.17) is 23.2 Å². The number of benzene rings is 2. The van der Waals surface area contributed by atoms with Gasteiger partial charge in [0, 0.05) is 16.8 Å². The van der Waals surface area contributed by atoms with E-state index in [1.54, 1.807) is 42.5 Å². The zero-order valence-corrected chi connectivity index (χ0v) is 11.8. The first kappa shape index (κ1) is 14.4. The van der Waals surface area contributed by atoms with Crippen molar-refractivity contribution >= 4 is 40.9 Å². The Morgan fingerprint density at radius 1 is 1.15 bits per heavy atom.